The highest BCUT2D eigenvalue weighted by atomic mass is 32.1. The largest absolute Gasteiger partial charge is 0.333 e. The molecule has 6 heteroatoms. The van der Waals surface area contributed by atoms with Crippen molar-refractivity contribution in [2.45, 2.75) is 25.9 Å². The summed E-state index contributed by atoms with van der Waals surface area (Å²) in [7, 11) is 0. The number of nitrogens with two attached hydrogens (primary N) is 1. The summed E-state index contributed by atoms with van der Waals surface area (Å²) < 4.78 is 2.12. The normalized spacial score (nSPS) is 12.9. The minimum absolute atomic E-state index is 0.0750. The summed E-state index contributed by atoms with van der Waals surface area (Å²) in [5.41, 5.74) is 4.59. The number of hydrogen-bond donors (Lipinski definition) is 2. The Morgan fingerprint density at radius 2 is 2.50 bits per heavy atom. The van der Waals surface area contributed by atoms with E-state index in [1.807, 2.05) is 12.4 Å². The topological polar surface area (TPSA) is 68.8 Å². The first-order valence-corrected chi connectivity index (χ1v) is 6.10. The Balaban J connectivity index is 2.30. The zero-order valence-electron chi connectivity index (χ0n) is 9.13. The number of hydrazine groups is 1. The van der Waals surface area contributed by atoms with Crippen molar-refractivity contribution in [3.8, 4) is 0 Å². The number of thiazole rings is 1. The quantitative estimate of drug-likeness (QED) is 0.607. The molecule has 0 bridgehead atoms. The van der Waals surface area contributed by atoms with Crippen molar-refractivity contribution in [1.29, 1.82) is 0 Å². The van der Waals surface area contributed by atoms with Crippen LogP contribution in [-0.4, -0.2) is 14.5 Å². The lowest BCUT2D eigenvalue weighted by molar-refractivity contribution is 0.550. The van der Waals surface area contributed by atoms with Crippen molar-refractivity contribution in [3.05, 3.63) is 34.8 Å². The predicted octanol–water partition coefficient (Wildman–Crippen LogP) is 1.30. The second-order valence-electron chi connectivity index (χ2n) is 3.48. The number of hydrogen-bond acceptors (Lipinski definition) is 5. The predicted molar refractivity (Wildman–Crippen MR) is 63.8 cm³/mol. The minimum Gasteiger partial charge on any atom is -0.333 e. The molecule has 16 heavy (non-hydrogen) atoms. The molecule has 0 saturated heterocycles. The summed E-state index contributed by atoms with van der Waals surface area (Å²) in [6.07, 6.45) is 6.67. The van der Waals surface area contributed by atoms with Gasteiger partial charge in [0, 0.05) is 25.1 Å². The molecule has 1 atom stereocenters. The van der Waals surface area contributed by atoms with Crippen LogP contribution in [0.4, 0.5) is 0 Å². The SMILES string of the molecule is CCCn1ccnc1C(NN)c1cncs1. The van der Waals surface area contributed by atoms with Gasteiger partial charge in [-0.2, -0.15) is 0 Å². The zero-order valence-corrected chi connectivity index (χ0v) is 9.94. The highest BCUT2D eigenvalue weighted by Gasteiger charge is 2.18. The third-order valence-corrected chi connectivity index (χ3v) is 3.21. The molecule has 0 aliphatic carbocycles. The van der Waals surface area contributed by atoms with Gasteiger partial charge in [-0.15, -0.1) is 11.3 Å². The molecule has 0 fully saturated rings. The van der Waals surface area contributed by atoms with Crippen LogP contribution in [0, 0.1) is 0 Å². The molecular formula is C10H15N5S. The van der Waals surface area contributed by atoms with E-state index in [2.05, 4.69) is 26.9 Å². The molecule has 0 amide bonds. The molecule has 2 rings (SSSR count). The monoisotopic (exact) mass is 237 g/mol. The second-order valence-corrected chi connectivity index (χ2v) is 4.40. The molecule has 0 aliphatic heterocycles. The number of aryl methyl sites for hydroxylation is 1. The van der Waals surface area contributed by atoms with Crippen molar-refractivity contribution in [1.82, 2.24) is 20.0 Å². The fraction of sp³-hybridized carbons (Fsp3) is 0.400. The zero-order chi connectivity index (χ0) is 11.4. The molecule has 3 N–H and O–H groups in total. The van der Waals surface area contributed by atoms with E-state index in [4.69, 9.17) is 5.84 Å². The molecule has 0 radical (unpaired) electrons. The molecule has 0 saturated carbocycles. The van der Waals surface area contributed by atoms with Gasteiger partial charge >= 0.3 is 0 Å². The van der Waals surface area contributed by atoms with Crippen LogP contribution in [0.1, 0.15) is 30.1 Å². The van der Waals surface area contributed by atoms with Crippen LogP contribution in [-0.2, 0) is 6.54 Å². The lowest BCUT2D eigenvalue weighted by atomic mass is 10.2. The molecule has 2 aromatic heterocycles. The van der Waals surface area contributed by atoms with Gasteiger partial charge < -0.3 is 4.57 Å². The van der Waals surface area contributed by atoms with Gasteiger partial charge in [0.15, 0.2) is 0 Å². The maximum atomic E-state index is 5.60. The van der Waals surface area contributed by atoms with Crippen molar-refractivity contribution in [2.24, 2.45) is 5.84 Å². The van der Waals surface area contributed by atoms with Crippen LogP contribution in [0.5, 0.6) is 0 Å². The standard InChI is InChI=1S/C10H15N5S/c1-2-4-15-5-3-13-10(15)9(14-11)8-6-12-7-16-8/h3,5-7,9,14H,2,4,11H2,1H3. The summed E-state index contributed by atoms with van der Waals surface area (Å²) in [4.78, 5) is 9.50. The average Bonchev–Trinajstić information content (AvgIpc) is 2.92. The summed E-state index contributed by atoms with van der Waals surface area (Å²) >= 11 is 1.57. The molecule has 1 unspecified atom stereocenters. The average molecular weight is 237 g/mol. The lowest BCUT2D eigenvalue weighted by Crippen LogP contribution is -2.30. The van der Waals surface area contributed by atoms with Gasteiger partial charge in [0.2, 0.25) is 0 Å². The highest BCUT2D eigenvalue weighted by molar-refractivity contribution is 7.09. The molecular weight excluding hydrogens is 222 g/mol. The van der Waals surface area contributed by atoms with E-state index in [1.54, 1.807) is 23.0 Å². The highest BCUT2D eigenvalue weighted by Crippen LogP contribution is 2.22. The fourth-order valence-electron chi connectivity index (χ4n) is 1.66. The summed E-state index contributed by atoms with van der Waals surface area (Å²) in [6, 6.07) is -0.0750. The van der Waals surface area contributed by atoms with Gasteiger partial charge in [0.1, 0.15) is 11.9 Å². The van der Waals surface area contributed by atoms with Crippen LogP contribution >= 0.6 is 11.3 Å². The smallest absolute Gasteiger partial charge is 0.132 e. The van der Waals surface area contributed by atoms with E-state index in [1.165, 1.54) is 0 Å². The van der Waals surface area contributed by atoms with Gasteiger partial charge in [-0.25, -0.2) is 10.4 Å². The van der Waals surface area contributed by atoms with Gasteiger partial charge in [-0.05, 0) is 6.42 Å². The first kappa shape index (κ1) is 11.3. The Morgan fingerprint density at radius 3 is 3.12 bits per heavy atom. The Labute approximate surface area is 98.3 Å². The van der Waals surface area contributed by atoms with Gasteiger partial charge in [0.05, 0.1) is 10.4 Å². The first-order valence-electron chi connectivity index (χ1n) is 5.22. The number of nitrogens with one attached hydrogen (secondary N) is 1. The van der Waals surface area contributed by atoms with Gasteiger partial charge in [-0.3, -0.25) is 10.8 Å². The number of imidazole rings is 1. The van der Waals surface area contributed by atoms with Crippen molar-refractivity contribution < 1.29 is 0 Å². The van der Waals surface area contributed by atoms with Gasteiger partial charge in [-0.1, -0.05) is 6.92 Å². The van der Waals surface area contributed by atoms with E-state index >= 15 is 0 Å². The molecule has 0 aliphatic rings. The molecule has 2 heterocycles. The number of aromatic nitrogens is 3. The van der Waals surface area contributed by atoms with Crippen LogP contribution in [0.3, 0.4) is 0 Å². The van der Waals surface area contributed by atoms with Crippen LogP contribution in [0.2, 0.25) is 0 Å². The molecule has 86 valence electrons. The maximum absolute atomic E-state index is 5.60. The summed E-state index contributed by atoms with van der Waals surface area (Å²) in [5.74, 6) is 6.53. The van der Waals surface area contributed by atoms with Crippen molar-refractivity contribution in [2.75, 3.05) is 0 Å². The van der Waals surface area contributed by atoms with E-state index in [-0.39, 0.29) is 6.04 Å². The molecule has 0 spiro atoms. The number of rotatable bonds is 5. The molecule has 5 nitrogen and oxygen atoms in total. The molecule has 0 aromatic carbocycles. The summed E-state index contributed by atoms with van der Waals surface area (Å²) in [5, 5.41) is 0. The number of nitrogens with zero attached hydrogens (tertiary/aromatic N) is 3. The Kier molecular flexibility index (Phi) is 3.66. The van der Waals surface area contributed by atoms with Crippen LogP contribution in [0.25, 0.3) is 0 Å². The fourth-order valence-corrected chi connectivity index (χ4v) is 2.34. The minimum atomic E-state index is -0.0750. The third kappa shape index (κ3) is 2.13. The van der Waals surface area contributed by atoms with Crippen molar-refractivity contribution >= 4 is 11.3 Å². The Bertz CT molecular complexity index is 422. The van der Waals surface area contributed by atoms with E-state index in [0.717, 1.165) is 23.7 Å². The van der Waals surface area contributed by atoms with Crippen LogP contribution < -0.4 is 11.3 Å². The van der Waals surface area contributed by atoms with Crippen LogP contribution in [0.15, 0.2) is 24.1 Å². The van der Waals surface area contributed by atoms with Gasteiger partial charge in [0.25, 0.3) is 0 Å². The lowest BCUT2D eigenvalue weighted by Gasteiger charge is -2.15. The summed E-state index contributed by atoms with van der Waals surface area (Å²) in [6.45, 7) is 3.09. The van der Waals surface area contributed by atoms with E-state index in [9.17, 15) is 0 Å². The van der Waals surface area contributed by atoms with Crippen molar-refractivity contribution in [3.63, 3.8) is 0 Å². The first-order chi connectivity index (χ1) is 7.86. The second kappa shape index (κ2) is 5.20. The Hall–Kier alpha value is -1.24. The maximum Gasteiger partial charge on any atom is 0.132 e. The molecule has 2 aromatic rings. The Morgan fingerprint density at radius 1 is 1.62 bits per heavy atom. The third-order valence-electron chi connectivity index (χ3n) is 2.37. The van der Waals surface area contributed by atoms with E-state index < -0.39 is 0 Å². The van der Waals surface area contributed by atoms with E-state index in [0.29, 0.717) is 0 Å².